The van der Waals surface area contributed by atoms with E-state index in [0.717, 1.165) is 0 Å². The molecule has 0 aliphatic rings. The van der Waals surface area contributed by atoms with E-state index < -0.39 is 29.0 Å². The second kappa shape index (κ2) is 8.32. The van der Waals surface area contributed by atoms with E-state index in [1.165, 1.54) is 0 Å². The van der Waals surface area contributed by atoms with Gasteiger partial charge in [-0.3, -0.25) is 4.79 Å². The molecule has 0 aromatic rings. The lowest BCUT2D eigenvalue weighted by atomic mass is 10.5. The molecular weight excluding hydrogens is 336 g/mol. The van der Waals surface area contributed by atoms with Crippen LogP contribution in [0.1, 0.15) is 0 Å². The summed E-state index contributed by atoms with van der Waals surface area (Å²) >= 11 is 0. The molecule has 0 aromatic carbocycles. The average Bonchev–Trinajstić information content (AvgIpc) is 2.23. The van der Waals surface area contributed by atoms with Gasteiger partial charge in [-0.05, 0) is 21.6 Å². The Bertz CT molecular complexity index is 488. The van der Waals surface area contributed by atoms with Gasteiger partial charge in [0.25, 0.3) is 0 Å². The average molecular weight is 352 g/mol. The minimum atomic E-state index is -3.68. The Hall–Kier alpha value is -0.0100. The molecule has 0 fully saturated rings. The molecule has 0 saturated heterocycles. The van der Waals surface area contributed by atoms with Crippen molar-refractivity contribution < 1.29 is 26.7 Å². The van der Waals surface area contributed by atoms with E-state index in [1.807, 2.05) is 0 Å². The van der Waals surface area contributed by atoms with Crippen LogP contribution in [0.2, 0.25) is 0 Å². The molecule has 0 radical (unpaired) electrons. The molecule has 1 unspecified atom stereocenters. The van der Waals surface area contributed by atoms with Gasteiger partial charge in [-0.25, -0.2) is 16.8 Å². The van der Waals surface area contributed by atoms with E-state index in [2.05, 4.69) is 0 Å². The van der Waals surface area contributed by atoms with Crippen LogP contribution in [0, 0.1) is 0 Å². The highest BCUT2D eigenvalue weighted by atomic mass is 33.1. The fraction of sp³-hybridized carbons (Fsp3) is 0.857. The number of nitrogens with two attached hydrogens (primary N) is 2. The first-order valence-corrected chi connectivity index (χ1v) is 11.2. The van der Waals surface area contributed by atoms with Crippen molar-refractivity contribution in [1.29, 1.82) is 0 Å². The van der Waals surface area contributed by atoms with Crippen molar-refractivity contribution in [2.45, 2.75) is 5.25 Å². The molecule has 0 aliphatic heterocycles. The number of carbonyl (C=O) groups is 1. The summed E-state index contributed by atoms with van der Waals surface area (Å²) < 4.78 is 45.6. The summed E-state index contributed by atoms with van der Waals surface area (Å²) in [6.07, 6.45) is 0. The third-order valence-electron chi connectivity index (χ3n) is 1.67. The SMILES string of the molecule is NCCS(=O)(=O)SCC(SS(=O)(=O)CCN)C(=O)O. The van der Waals surface area contributed by atoms with Crippen molar-refractivity contribution in [1.82, 2.24) is 0 Å². The molecule has 0 aliphatic carbocycles. The zero-order chi connectivity index (χ0) is 15.1. The predicted octanol–water partition coefficient (Wildman–Crippen LogP) is -1.52. The van der Waals surface area contributed by atoms with E-state index in [-0.39, 0.29) is 41.1 Å². The highest BCUT2D eigenvalue weighted by Gasteiger charge is 2.28. The van der Waals surface area contributed by atoms with E-state index in [9.17, 15) is 21.6 Å². The van der Waals surface area contributed by atoms with Gasteiger partial charge >= 0.3 is 5.97 Å². The molecule has 0 rings (SSSR count). The van der Waals surface area contributed by atoms with Crippen molar-refractivity contribution >= 4 is 45.3 Å². The molecule has 0 saturated carbocycles. The third kappa shape index (κ3) is 8.70. The predicted molar refractivity (Wildman–Crippen MR) is 77.2 cm³/mol. The number of carboxylic acids is 1. The van der Waals surface area contributed by atoms with Gasteiger partial charge in [0.2, 0.25) is 17.7 Å². The van der Waals surface area contributed by atoms with Crippen LogP contribution in [0.25, 0.3) is 0 Å². The second-order valence-corrected chi connectivity index (χ2v) is 12.0. The summed E-state index contributed by atoms with van der Waals surface area (Å²) in [5.41, 5.74) is 10.2. The molecule has 8 nitrogen and oxygen atoms in total. The van der Waals surface area contributed by atoms with Gasteiger partial charge in [0.15, 0.2) is 0 Å². The standard InChI is InChI=1S/C7H16N2O6S4/c8-1-3-18(12,13)16-5-6(7(10)11)17-19(14,15)4-2-9/h6H,1-5,8-9H2,(H,10,11). The van der Waals surface area contributed by atoms with Gasteiger partial charge in [0.05, 0.1) is 11.5 Å². The Morgan fingerprint density at radius 3 is 1.95 bits per heavy atom. The maximum Gasteiger partial charge on any atom is 0.318 e. The smallest absolute Gasteiger partial charge is 0.318 e. The zero-order valence-electron chi connectivity index (χ0n) is 9.89. The number of rotatable bonds is 10. The lowest BCUT2D eigenvalue weighted by Crippen LogP contribution is -2.25. The van der Waals surface area contributed by atoms with Crippen LogP contribution >= 0.6 is 21.6 Å². The van der Waals surface area contributed by atoms with Gasteiger partial charge in [0.1, 0.15) is 5.25 Å². The van der Waals surface area contributed by atoms with E-state index in [0.29, 0.717) is 10.8 Å². The highest BCUT2D eigenvalue weighted by molar-refractivity contribution is 8.74. The lowest BCUT2D eigenvalue weighted by Gasteiger charge is -2.11. The topological polar surface area (TPSA) is 158 Å². The lowest BCUT2D eigenvalue weighted by molar-refractivity contribution is -0.135. The summed E-state index contributed by atoms with van der Waals surface area (Å²) in [6, 6.07) is 0. The Labute approximate surface area is 119 Å². The highest BCUT2D eigenvalue weighted by Crippen LogP contribution is 2.26. The van der Waals surface area contributed by atoms with Gasteiger partial charge in [0, 0.05) is 18.8 Å². The molecule has 12 heteroatoms. The Morgan fingerprint density at radius 2 is 1.53 bits per heavy atom. The molecule has 5 N–H and O–H groups in total. The van der Waals surface area contributed by atoms with Crippen molar-refractivity contribution in [2.75, 3.05) is 30.3 Å². The van der Waals surface area contributed by atoms with Crippen LogP contribution in [0.4, 0.5) is 0 Å². The molecule has 19 heavy (non-hydrogen) atoms. The molecular formula is C7H16N2O6S4. The van der Waals surface area contributed by atoms with E-state index >= 15 is 0 Å². The molecule has 0 spiro atoms. The summed E-state index contributed by atoms with van der Waals surface area (Å²) in [6.45, 7) is -0.202. The van der Waals surface area contributed by atoms with Crippen LogP contribution in [-0.4, -0.2) is 63.5 Å². The number of hydrogen-bond donors (Lipinski definition) is 3. The minimum absolute atomic E-state index is 0.0777. The minimum Gasteiger partial charge on any atom is -0.480 e. The Morgan fingerprint density at radius 1 is 1.05 bits per heavy atom. The van der Waals surface area contributed by atoms with Gasteiger partial charge in [-0.15, -0.1) is 0 Å². The van der Waals surface area contributed by atoms with Crippen molar-refractivity contribution in [2.24, 2.45) is 11.5 Å². The van der Waals surface area contributed by atoms with Gasteiger partial charge in [-0.1, -0.05) is 0 Å². The maximum atomic E-state index is 11.4. The first kappa shape index (κ1) is 19.0. The molecule has 114 valence electrons. The number of aliphatic carboxylic acids is 1. The molecule has 0 aromatic heterocycles. The van der Waals surface area contributed by atoms with Crippen LogP contribution in [0.5, 0.6) is 0 Å². The Kier molecular flexibility index (Phi) is 8.31. The van der Waals surface area contributed by atoms with Crippen molar-refractivity contribution in [3.63, 3.8) is 0 Å². The molecule has 0 heterocycles. The first-order valence-electron chi connectivity index (χ1n) is 5.04. The normalized spacial score (nSPS) is 14.2. The summed E-state index contributed by atoms with van der Waals surface area (Å²) in [5.74, 6) is -2.40. The number of hydrogen-bond acceptors (Lipinski definition) is 9. The molecule has 1 atom stereocenters. The zero-order valence-corrected chi connectivity index (χ0v) is 13.2. The summed E-state index contributed by atoms with van der Waals surface area (Å²) in [7, 11) is -6.60. The van der Waals surface area contributed by atoms with E-state index in [4.69, 9.17) is 16.6 Å². The van der Waals surface area contributed by atoms with Crippen molar-refractivity contribution in [3.05, 3.63) is 0 Å². The van der Waals surface area contributed by atoms with Crippen LogP contribution in [-0.2, 0) is 22.5 Å². The van der Waals surface area contributed by atoms with Crippen LogP contribution < -0.4 is 11.5 Å². The number of carboxylic acid groups (broad SMARTS) is 1. The van der Waals surface area contributed by atoms with Gasteiger partial charge < -0.3 is 16.6 Å². The largest absolute Gasteiger partial charge is 0.480 e. The quantitative estimate of drug-likeness (QED) is 0.394. The second-order valence-electron chi connectivity index (χ2n) is 3.31. The molecule has 0 amide bonds. The van der Waals surface area contributed by atoms with Crippen LogP contribution in [0.15, 0.2) is 0 Å². The maximum absolute atomic E-state index is 11.4. The third-order valence-corrected chi connectivity index (χ3v) is 9.14. The van der Waals surface area contributed by atoms with Crippen molar-refractivity contribution in [3.8, 4) is 0 Å². The summed E-state index contributed by atoms with van der Waals surface area (Å²) in [4.78, 5) is 10.9. The fourth-order valence-corrected chi connectivity index (χ4v) is 7.32. The fourth-order valence-electron chi connectivity index (χ4n) is 0.878. The summed E-state index contributed by atoms with van der Waals surface area (Å²) in [5, 5.41) is 7.52. The van der Waals surface area contributed by atoms with Gasteiger partial charge in [-0.2, -0.15) is 0 Å². The monoisotopic (exact) mass is 352 g/mol. The first-order chi connectivity index (χ1) is 8.63. The van der Waals surface area contributed by atoms with Crippen LogP contribution in [0.3, 0.4) is 0 Å². The van der Waals surface area contributed by atoms with E-state index in [1.54, 1.807) is 0 Å². The Balaban J connectivity index is 4.66. The molecule has 0 bridgehead atoms.